The summed E-state index contributed by atoms with van der Waals surface area (Å²) in [5, 5.41) is 15.5. The van der Waals surface area contributed by atoms with E-state index in [4.69, 9.17) is 5.11 Å². The predicted octanol–water partition coefficient (Wildman–Crippen LogP) is -0.553. The van der Waals surface area contributed by atoms with Crippen LogP contribution >= 0.6 is 0 Å². The van der Waals surface area contributed by atoms with Gasteiger partial charge in [0.25, 0.3) is 0 Å². The van der Waals surface area contributed by atoms with Gasteiger partial charge in [-0.15, -0.1) is 0 Å². The molecular weight excluding hydrogens is 276 g/mol. The summed E-state index contributed by atoms with van der Waals surface area (Å²) < 4.78 is 0. The second-order valence-electron chi connectivity index (χ2n) is 5.11. The Balaban J connectivity index is 1.84. The fraction of sp³-hybridized carbons (Fsp3) is 0.667. The van der Waals surface area contributed by atoms with Crippen molar-refractivity contribution in [3.63, 3.8) is 0 Å². The van der Waals surface area contributed by atoms with Gasteiger partial charge in [-0.1, -0.05) is 0 Å². The SMILES string of the molecule is CC(C(=O)O)N1CCN(C(=O)N(C)Cc2ncn[nH]2)CC1. The third-order valence-corrected chi connectivity index (χ3v) is 3.67. The number of nitrogens with one attached hydrogen (secondary N) is 1. The fourth-order valence-electron chi connectivity index (χ4n) is 2.30. The van der Waals surface area contributed by atoms with E-state index in [1.807, 2.05) is 4.90 Å². The smallest absolute Gasteiger partial charge is 0.320 e. The lowest BCUT2D eigenvalue weighted by molar-refractivity contribution is -0.143. The summed E-state index contributed by atoms with van der Waals surface area (Å²) in [5.41, 5.74) is 0. The van der Waals surface area contributed by atoms with E-state index in [-0.39, 0.29) is 6.03 Å². The molecule has 9 nitrogen and oxygen atoms in total. The zero-order valence-corrected chi connectivity index (χ0v) is 12.2. The van der Waals surface area contributed by atoms with Crippen molar-refractivity contribution in [1.29, 1.82) is 0 Å². The summed E-state index contributed by atoms with van der Waals surface area (Å²) in [6.45, 7) is 4.21. The standard InChI is InChI=1S/C12H20N6O3/c1-9(11(19)20)17-3-5-18(6-4-17)12(21)16(2)7-10-13-8-14-15-10/h8-9H,3-7H2,1-2H3,(H,19,20)(H,13,14,15). The molecule has 1 aromatic rings. The van der Waals surface area contributed by atoms with Gasteiger partial charge in [0.15, 0.2) is 0 Å². The molecule has 1 aliphatic rings. The zero-order valence-electron chi connectivity index (χ0n) is 12.2. The Morgan fingerprint density at radius 2 is 2.10 bits per heavy atom. The van der Waals surface area contributed by atoms with E-state index in [9.17, 15) is 9.59 Å². The lowest BCUT2D eigenvalue weighted by Crippen LogP contribution is -2.55. The van der Waals surface area contributed by atoms with Crippen LogP contribution in [0.15, 0.2) is 6.33 Å². The van der Waals surface area contributed by atoms with Crippen LogP contribution in [0.5, 0.6) is 0 Å². The van der Waals surface area contributed by atoms with Crippen molar-refractivity contribution >= 4 is 12.0 Å². The number of aliphatic carboxylic acids is 1. The number of urea groups is 1. The van der Waals surface area contributed by atoms with Crippen molar-refractivity contribution in [1.82, 2.24) is 29.9 Å². The largest absolute Gasteiger partial charge is 0.480 e. The normalized spacial score (nSPS) is 17.5. The molecule has 1 atom stereocenters. The zero-order chi connectivity index (χ0) is 15.4. The minimum atomic E-state index is -0.836. The summed E-state index contributed by atoms with van der Waals surface area (Å²) in [6.07, 6.45) is 1.40. The molecule has 1 unspecified atom stereocenters. The Hall–Kier alpha value is -2.16. The molecule has 0 aromatic carbocycles. The number of aromatic amines is 1. The molecule has 116 valence electrons. The molecule has 0 bridgehead atoms. The third kappa shape index (κ3) is 3.69. The molecule has 2 amide bonds. The molecule has 2 rings (SSSR count). The highest BCUT2D eigenvalue weighted by atomic mass is 16.4. The highest BCUT2D eigenvalue weighted by Gasteiger charge is 2.28. The number of aromatic nitrogens is 3. The van der Waals surface area contributed by atoms with Crippen molar-refractivity contribution in [2.24, 2.45) is 0 Å². The fourth-order valence-corrected chi connectivity index (χ4v) is 2.30. The van der Waals surface area contributed by atoms with Crippen molar-refractivity contribution in [3.05, 3.63) is 12.2 Å². The number of hydrogen-bond acceptors (Lipinski definition) is 5. The number of nitrogens with zero attached hydrogens (tertiary/aromatic N) is 5. The van der Waals surface area contributed by atoms with E-state index in [1.54, 1.807) is 23.8 Å². The molecule has 9 heteroatoms. The Labute approximate surface area is 122 Å². The first-order valence-corrected chi connectivity index (χ1v) is 6.80. The lowest BCUT2D eigenvalue weighted by Gasteiger charge is -2.37. The van der Waals surface area contributed by atoms with Crippen LogP contribution in [0.3, 0.4) is 0 Å². The summed E-state index contributed by atoms with van der Waals surface area (Å²) in [7, 11) is 1.71. The van der Waals surface area contributed by atoms with Crippen LogP contribution < -0.4 is 0 Å². The molecule has 0 saturated carbocycles. The van der Waals surface area contributed by atoms with E-state index < -0.39 is 12.0 Å². The number of piperazine rings is 1. The van der Waals surface area contributed by atoms with Crippen molar-refractivity contribution < 1.29 is 14.7 Å². The average molecular weight is 296 g/mol. The van der Waals surface area contributed by atoms with Gasteiger partial charge in [-0.05, 0) is 6.92 Å². The first kappa shape index (κ1) is 15.2. The van der Waals surface area contributed by atoms with Gasteiger partial charge in [0.1, 0.15) is 18.2 Å². The molecule has 1 fully saturated rings. The van der Waals surface area contributed by atoms with E-state index in [0.29, 0.717) is 38.5 Å². The van der Waals surface area contributed by atoms with Gasteiger partial charge in [-0.2, -0.15) is 5.10 Å². The van der Waals surface area contributed by atoms with Crippen LogP contribution in [-0.2, 0) is 11.3 Å². The number of carboxylic acids is 1. The summed E-state index contributed by atoms with van der Waals surface area (Å²) in [6, 6.07) is -0.608. The van der Waals surface area contributed by atoms with Crippen LogP contribution in [0.1, 0.15) is 12.7 Å². The van der Waals surface area contributed by atoms with Crippen LogP contribution in [0.25, 0.3) is 0 Å². The Morgan fingerprint density at radius 3 is 2.62 bits per heavy atom. The maximum absolute atomic E-state index is 12.3. The van der Waals surface area contributed by atoms with Gasteiger partial charge in [0.2, 0.25) is 0 Å². The van der Waals surface area contributed by atoms with Gasteiger partial charge < -0.3 is 14.9 Å². The summed E-state index contributed by atoms with van der Waals surface area (Å²) >= 11 is 0. The Bertz CT molecular complexity index is 483. The van der Waals surface area contributed by atoms with E-state index in [1.165, 1.54) is 6.33 Å². The van der Waals surface area contributed by atoms with Crippen molar-refractivity contribution in [2.45, 2.75) is 19.5 Å². The van der Waals surface area contributed by atoms with Crippen LogP contribution in [-0.4, -0.2) is 86.3 Å². The van der Waals surface area contributed by atoms with Gasteiger partial charge in [-0.3, -0.25) is 14.8 Å². The Morgan fingerprint density at radius 1 is 1.43 bits per heavy atom. The average Bonchev–Trinajstić information content (AvgIpc) is 2.98. The first-order chi connectivity index (χ1) is 9.99. The number of hydrogen-bond donors (Lipinski definition) is 2. The van der Waals surface area contributed by atoms with Crippen molar-refractivity contribution in [3.8, 4) is 0 Å². The molecule has 1 aliphatic heterocycles. The molecule has 21 heavy (non-hydrogen) atoms. The molecule has 0 radical (unpaired) electrons. The van der Waals surface area contributed by atoms with Crippen molar-refractivity contribution in [2.75, 3.05) is 33.2 Å². The quantitative estimate of drug-likeness (QED) is 0.772. The predicted molar refractivity (Wildman–Crippen MR) is 73.5 cm³/mol. The van der Waals surface area contributed by atoms with Gasteiger partial charge in [0, 0.05) is 33.2 Å². The Kier molecular flexibility index (Phi) is 4.73. The molecule has 0 spiro atoms. The number of rotatable bonds is 4. The molecule has 2 N–H and O–H groups in total. The van der Waals surface area contributed by atoms with Crippen LogP contribution in [0, 0.1) is 0 Å². The number of amides is 2. The number of H-pyrrole nitrogens is 1. The number of carbonyl (C=O) groups is 2. The van der Waals surface area contributed by atoms with Gasteiger partial charge in [0.05, 0.1) is 6.54 Å². The molecule has 1 aromatic heterocycles. The highest BCUT2D eigenvalue weighted by Crippen LogP contribution is 2.09. The molecule has 2 heterocycles. The van der Waals surface area contributed by atoms with Gasteiger partial charge in [-0.25, -0.2) is 9.78 Å². The second-order valence-corrected chi connectivity index (χ2v) is 5.11. The number of carbonyl (C=O) groups excluding carboxylic acids is 1. The van der Waals surface area contributed by atoms with E-state index in [0.717, 1.165) is 0 Å². The number of carboxylic acid groups (broad SMARTS) is 1. The van der Waals surface area contributed by atoms with Crippen LogP contribution in [0.2, 0.25) is 0 Å². The minimum Gasteiger partial charge on any atom is -0.480 e. The first-order valence-electron chi connectivity index (χ1n) is 6.80. The van der Waals surface area contributed by atoms with Crippen LogP contribution in [0.4, 0.5) is 4.79 Å². The minimum absolute atomic E-state index is 0.0889. The maximum atomic E-state index is 12.3. The molecule has 0 aliphatic carbocycles. The lowest BCUT2D eigenvalue weighted by atomic mass is 10.2. The van der Waals surface area contributed by atoms with E-state index >= 15 is 0 Å². The highest BCUT2D eigenvalue weighted by molar-refractivity contribution is 5.74. The molecule has 1 saturated heterocycles. The summed E-state index contributed by atoms with van der Waals surface area (Å²) in [5.74, 6) is -0.207. The monoisotopic (exact) mass is 296 g/mol. The second kappa shape index (κ2) is 6.53. The van der Waals surface area contributed by atoms with E-state index in [2.05, 4.69) is 15.2 Å². The van der Waals surface area contributed by atoms with Gasteiger partial charge >= 0.3 is 12.0 Å². The third-order valence-electron chi connectivity index (χ3n) is 3.67. The topological polar surface area (TPSA) is 106 Å². The summed E-state index contributed by atoms with van der Waals surface area (Å²) in [4.78, 5) is 32.4. The molecular formula is C12H20N6O3. The maximum Gasteiger partial charge on any atom is 0.320 e.